The summed E-state index contributed by atoms with van der Waals surface area (Å²) in [6.45, 7) is 7.49. The van der Waals surface area contributed by atoms with Gasteiger partial charge in [-0.2, -0.15) is 13.2 Å². The second kappa shape index (κ2) is 3.53. The van der Waals surface area contributed by atoms with Crippen molar-refractivity contribution in [2.24, 2.45) is 0 Å². The topological polar surface area (TPSA) is 26.3 Å². The minimum absolute atomic E-state index is 1.37. The summed E-state index contributed by atoms with van der Waals surface area (Å²) in [5.41, 5.74) is -1.45. The summed E-state index contributed by atoms with van der Waals surface area (Å²) in [5, 5.41) is 0. The standard InChI is InChI=1S/C7H11F3O2Si/c1-5(7(8,9)10)6(11)12-13(2,3)4/h1H2,2-4H3. The molecule has 0 aromatic rings. The molecule has 0 rings (SSSR count). The second-order valence-electron chi connectivity index (χ2n) is 3.48. The zero-order chi connectivity index (χ0) is 10.9. The Balaban J connectivity index is 4.40. The molecule has 0 heterocycles. The number of carbonyl (C=O) groups excluding carboxylic acids is 1. The van der Waals surface area contributed by atoms with Crippen LogP contribution >= 0.6 is 0 Å². The van der Waals surface area contributed by atoms with Gasteiger partial charge in [0, 0.05) is 0 Å². The Kier molecular flexibility index (Phi) is 3.32. The number of hydrogen-bond acceptors (Lipinski definition) is 2. The third-order valence-electron chi connectivity index (χ3n) is 0.987. The van der Waals surface area contributed by atoms with Crippen LogP contribution in [-0.4, -0.2) is 20.5 Å². The predicted molar refractivity (Wildman–Crippen MR) is 44.6 cm³/mol. The molecule has 0 amide bonds. The zero-order valence-corrected chi connectivity index (χ0v) is 8.66. The fourth-order valence-electron chi connectivity index (χ4n) is 0.455. The Bertz CT molecular complexity index is 227. The average molecular weight is 212 g/mol. The van der Waals surface area contributed by atoms with Crippen LogP contribution < -0.4 is 0 Å². The van der Waals surface area contributed by atoms with E-state index in [1.54, 1.807) is 19.6 Å². The monoisotopic (exact) mass is 212 g/mol. The van der Waals surface area contributed by atoms with Crippen molar-refractivity contribution in [3.63, 3.8) is 0 Å². The molecule has 13 heavy (non-hydrogen) atoms. The van der Waals surface area contributed by atoms with Crippen LogP contribution in [0.1, 0.15) is 0 Å². The first-order chi connectivity index (χ1) is 5.54. The number of carbonyl (C=O) groups is 1. The van der Waals surface area contributed by atoms with E-state index in [0.717, 1.165) is 0 Å². The quantitative estimate of drug-likeness (QED) is 0.519. The SMILES string of the molecule is C=C(C(=O)O[Si](C)(C)C)C(F)(F)F. The summed E-state index contributed by atoms with van der Waals surface area (Å²) in [7, 11) is -2.27. The van der Waals surface area contributed by atoms with E-state index in [9.17, 15) is 18.0 Å². The largest absolute Gasteiger partial charge is 0.516 e. The normalized spacial score (nSPS) is 12.5. The van der Waals surface area contributed by atoms with Crippen LogP contribution in [0.2, 0.25) is 19.6 Å². The fraction of sp³-hybridized carbons (Fsp3) is 0.571. The van der Waals surface area contributed by atoms with E-state index < -0.39 is 26.0 Å². The summed E-state index contributed by atoms with van der Waals surface area (Å²) < 4.78 is 40.3. The van der Waals surface area contributed by atoms with Crippen molar-refractivity contribution in [1.82, 2.24) is 0 Å². The lowest BCUT2D eigenvalue weighted by Crippen LogP contribution is -2.32. The van der Waals surface area contributed by atoms with E-state index in [0.29, 0.717) is 0 Å². The Morgan fingerprint density at radius 2 is 1.69 bits per heavy atom. The van der Waals surface area contributed by atoms with Gasteiger partial charge in [0.1, 0.15) is 5.57 Å². The molecule has 76 valence electrons. The molecule has 0 fully saturated rings. The van der Waals surface area contributed by atoms with Crippen molar-refractivity contribution in [2.45, 2.75) is 25.8 Å². The molecule has 0 N–H and O–H groups in total. The Morgan fingerprint density at radius 1 is 1.31 bits per heavy atom. The predicted octanol–water partition coefficient (Wildman–Crippen LogP) is 2.48. The molecule has 0 radical (unpaired) electrons. The molecule has 6 heteroatoms. The van der Waals surface area contributed by atoms with Crippen LogP contribution in [0.3, 0.4) is 0 Å². The highest BCUT2D eigenvalue weighted by molar-refractivity contribution is 6.71. The van der Waals surface area contributed by atoms with Gasteiger partial charge in [0.2, 0.25) is 8.32 Å². The Hall–Kier alpha value is -0.783. The highest BCUT2D eigenvalue weighted by atomic mass is 28.4. The average Bonchev–Trinajstić information content (AvgIpc) is 1.79. The zero-order valence-electron chi connectivity index (χ0n) is 7.66. The summed E-state index contributed by atoms with van der Waals surface area (Å²) in [4.78, 5) is 10.8. The maximum Gasteiger partial charge on any atom is 0.422 e. The fourth-order valence-corrected chi connectivity index (χ4v) is 1.13. The molecular weight excluding hydrogens is 201 g/mol. The van der Waals surface area contributed by atoms with Gasteiger partial charge in [0.25, 0.3) is 0 Å². The first-order valence-corrected chi connectivity index (χ1v) is 6.94. The van der Waals surface area contributed by atoms with Gasteiger partial charge < -0.3 is 4.43 Å². The van der Waals surface area contributed by atoms with Crippen molar-refractivity contribution < 1.29 is 22.4 Å². The first-order valence-electron chi connectivity index (χ1n) is 3.53. The first kappa shape index (κ1) is 12.2. The molecule has 0 aliphatic heterocycles. The number of alkyl halides is 3. The highest BCUT2D eigenvalue weighted by Crippen LogP contribution is 2.25. The summed E-state index contributed by atoms with van der Waals surface area (Å²) >= 11 is 0. The maximum atomic E-state index is 11.9. The molecule has 0 atom stereocenters. The lowest BCUT2D eigenvalue weighted by molar-refractivity contribution is -0.142. The van der Waals surface area contributed by atoms with Gasteiger partial charge in [-0.3, -0.25) is 0 Å². The van der Waals surface area contributed by atoms with Gasteiger partial charge in [-0.25, -0.2) is 4.79 Å². The maximum absolute atomic E-state index is 11.9. The van der Waals surface area contributed by atoms with Gasteiger partial charge in [0.05, 0.1) is 0 Å². The molecule has 0 saturated heterocycles. The molecule has 0 saturated carbocycles. The molecule has 0 aliphatic rings. The van der Waals surface area contributed by atoms with E-state index in [1.165, 1.54) is 0 Å². The third-order valence-corrected chi connectivity index (χ3v) is 1.79. The van der Waals surface area contributed by atoms with Crippen molar-refractivity contribution in [1.29, 1.82) is 0 Å². The van der Waals surface area contributed by atoms with Crippen molar-refractivity contribution in [3.8, 4) is 0 Å². The van der Waals surface area contributed by atoms with Crippen LogP contribution in [0.4, 0.5) is 13.2 Å². The smallest absolute Gasteiger partial charge is 0.422 e. The molecule has 0 aromatic carbocycles. The van der Waals surface area contributed by atoms with Crippen LogP contribution in [0.25, 0.3) is 0 Å². The Morgan fingerprint density at radius 3 is 1.92 bits per heavy atom. The van der Waals surface area contributed by atoms with Gasteiger partial charge in [-0.1, -0.05) is 6.58 Å². The Labute approximate surface area is 75.5 Å². The summed E-state index contributed by atoms with van der Waals surface area (Å²) in [5.74, 6) is -1.37. The summed E-state index contributed by atoms with van der Waals surface area (Å²) in [6, 6.07) is 0. The molecule has 0 aliphatic carbocycles. The van der Waals surface area contributed by atoms with Gasteiger partial charge in [0.15, 0.2) is 0 Å². The molecule has 0 bridgehead atoms. The highest BCUT2D eigenvalue weighted by Gasteiger charge is 2.39. The van der Waals surface area contributed by atoms with Gasteiger partial charge in [-0.05, 0) is 19.6 Å². The van der Waals surface area contributed by atoms with E-state index in [2.05, 4.69) is 11.0 Å². The number of halogens is 3. The summed E-state index contributed by atoms with van der Waals surface area (Å²) in [6.07, 6.45) is -4.70. The second-order valence-corrected chi connectivity index (χ2v) is 7.91. The van der Waals surface area contributed by atoms with Gasteiger partial charge in [-0.15, -0.1) is 0 Å². The molecule has 0 spiro atoms. The minimum Gasteiger partial charge on any atom is -0.516 e. The van der Waals surface area contributed by atoms with Crippen molar-refractivity contribution >= 4 is 14.3 Å². The number of rotatable bonds is 2. The van der Waals surface area contributed by atoms with Crippen LogP contribution in [0.5, 0.6) is 0 Å². The van der Waals surface area contributed by atoms with Gasteiger partial charge >= 0.3 is 12.1 Å². The van der Waals surface area contributed by atoms with E-state index in [-0.39, 0.29) is 0 Å². The molecule has 0 unspecified atom stereocenters. The number of hydrogen-bond donors (Lipinski definition) is 0. The lowest BCUT2D eigenvalue weighted by Gasteiger charge is -2.18. The van der Waals surface area contributed by atoms with Crippen molar-refractivity contribution in [3.05, 3.63) is 12.2 Å². The van der Waals surface area contributed by atoms with E-state index >= 15 is 0 Å². The third kappa shape index (κ3) is 4.71. The molecule has 2 nitrogen and oxygen atoms in total. The minimum atomic E-state index is -4.70. The molecular formula is C7H11F3O2Si. The van der Waals surface area contributed by atoms with Crippen molar-refractivity contribution in [2.75, 3.05) is 0 Å². The van der Waals surface area contributed by atoms with Crippen LogP contribution in [-0.2, 0) is 9.22 Å². The van der Waals surface area contributed by atoms with E-state index in [4.69, 9.17) is 0 Å². The van der Waals surface area contributed by atoms with Crippen LogP contribution in [0, 0.1) is 0 Å². The lowest BCUT2D eigenvalue weighted by atomic mass is 10.3. The van der Waals surface area contributed by atoms with Crippen LogP contribution in [0.15, 0.2) is 12.2 Å². The van der Waals surface area contributed by atoms with E-state index in [1.807, 2.05) is 0 Å². The molecule has 0 aromatic heterocycles.